The van der Waals surface area contributed by atoms with Gasteiger partial charge in [-0.3, -0.25) is 4.79 Å². The molecule has 3 amide bonds. The summed E-state index contributed by atoms with van der Waals surface area (Å²) < 4.78 is 5.18. The van der Waals surface area contributed by atoms with Gasteiger partial charge in [0.25, 0.3) is 0 Å². The average Bonchev–Trinajstić information content (AvgIpc) is 3.08. The molecule has 0 spiro atoms. The maximum Gasteiger partial charge on any atom is 0.317 e. The van der Waals surface area contributed by atoms with E-state index in [9.17, 15) is 9.59 Å². The van der Waals surface area contributed by atoms with Gasteiger partial charge in [-0.2, -0.15) is 4.98 Å². The first kappa shape index (κ1) is 18.2. The highest BCUT2D eigenvalue weighted by Gasteiger charge is 2.24. The molecule has 9 heteroatoms. The first-order chi connectivity index (χ1) is 12.5. The van der Waals surface area contributed by atoms with E-state index in [0.717, 1.165) is 12.8 Å². The molecule has 0 bridgehead atoms. The minimum Gasteiger partial charge on any atom is -0.352 e. The second-order valence-electron chi connectivity index (χ2n) is 6.14. The van der Waals surface area contributed by atoms with Gasteiger partial charge in [-0.05, 0) is 25.0 Å². The molecule has 26 heavy (non-hydrogen) atoms. The Balaban J connectivity index is 1.55. The molecule has 1 aliphatic heterocycles. The normalized spacial score (nSPS) is 17.0. The van der Waals surface area contributed by atoms with Crippen molar-refractivity contribution in [2.75, 3.05) is 13.1 Å². The number of benzene rings is 1. The number of urea groups is 1. The fourth-order valence-electron chi connectivity index (χ4n) is 2.91. The largest absolute Gasteiger partial charge is 0.352 e. The number of carbonyl (C=O) groups excluding carboxylic acids is 2. The molecule has 0 radical (unpaired) electrons. The maximum absolute atomic E-state index is 12.3. The molecule has 1 aromatic heterocycles. The van der Waals surface area contributed by atoms with Gasteiger partial charge in [-0.15, -0.1) is 0 Å². The number of rotatable bonds is 4. The van der Waals surface area contributed by atoms with Gasteiger partial charge in [-0.1, -0.05) is 28.9 Å². The molecular formula is C17H20ClN5O3. The molecule has 1 aromatic carbocycles. The van der Waals surface area contributed by atoms with Crippen molar-refractivity contribution in [2.45, 2.75) is 32.4 Å². The van der Waals surface area contributed by atoms with Crippen molar-refractivity contribution in [1.29, 1.82) is 0 Å². The van der Waals surface area contributed by atoms with E-state index in [1.807, 2.05) is 12.1 Å². The van der Waals surface area contributed by atoms with Crippen molar-refractivity contribution in [1.82, 2.24) is 25.7 Å². The zero-order chi connectivity index (χ0) is 18.5. The van der Waals surface area contributed by atoms with Crippen molar-refractivity contribution in [3.05, 3.63) is 35.2 Å². The van der Waals surface area contributed by atoms with Gasteiger partial charge in [0.05, 0.1) is 11.6 Å². The number of carbonyl (C=O) groups is 2. The van der Waals surface area contributed by atoms with E-state index < -0.39 is 0 Å². The van der Waals surface area contributed by atoms with Gasteiger partial charge in [0.2, 0.25) is 17.6 Å². The summed E-state index contributed by atoms with van der Waals surface area (Å²) in [7, 11) is 0. The van der Waals surface area contributed by atoms with E-state index in [0.29, 0.717) is 35.4 Å². The van der Waals surface area contributed by atoms with E-state index in [1.165, 1.54) is 6.92 Å². The average molecular weight is 378 g/mol. The van der Waals surface area contributed by atoms with Crippen LogP contribution in [0.15, 0.2) is 28.8 Å². The molecule has 2 heterocycles. The van der Waals surface area contributed by atoms with Gasteiger partial charge < -0.3 is 20.1 Å². The van der Waals surface area contributed by atoms with E-state index in [4.69, 9.17) is 16.1 Å². The van der Waals surface area contributed by atoms with Crippen LogP contribution in [0.25, 0.3) is 11.4 Å². The Kier molecular flexibility index (Phi) is 5.72. The van der Waals surface area contributed by atoms with Crippen LogP contribution in [0.1, 0.15) is 25.7 Å². The van der Waals surface area contributed by atoms with Crippen molar-refractivity contribution >= 4 is 23.5 Å². The molecule has 1 fully saturated rings. The molecule has 138 valence electrons. The molecule has 0 aliphatic carbocycles. The Morgan fingerprint density at radius 1 is 1.38 bits per heavy atom. The molecular weight excluding hydrogens is 358 g/mol. The van der Waals surface area contributed by atoms with Crippen molar-refractivity contribution < 1.29 is 14.1 Å². The topological polar surface area (TPSA) is 100 Å². The zero-order valence-electron chi connectivity index (χ0n) is 14.4. The lowest BCUT2D eigenvalue weighted by molar-refractivity contribution is -0.119. The third kappa shape index (κ3) is 4.51. The number of piperidine rings is 1. The predicted molar refractivity (Wildman–Crippen MR) is 95.4 cm³/mol. The molecule has 1 saturated heterocycles. The lowest BCUT2D eigenvalue weighted by Gasteiger charge is -2.32. The fourth-order valence-corrected chi connectivity index (χ4v) is 3.13. The summed E-state index contributed by atoms with van der Waals surface area (Å²) in [6.07, 6.45) is 1.71. The maximum atomic E-state index is 12.3. The van der Waals surface area contributed by atoms with Crippen molar-refractivity contribution in [3.63, 3.8) is 0 Å². The lowest BCUT2D eigenvalue weighted by atomic mass is 10.1. The third-order valence-electron chi connectivity index (χ3n) is 4.09. The Hall–Kier alpha value is -2.61. The third-order valence-corrected chi connectivity index (χ3v) is 4.42. The number of aromatic nitrogens is 2. The van der Waals surface area contributed by atoms with Crippen LogP contribution in [0, 0.1) is 0 Å². The van der Waals surface area contributed by atoms with Gasteiger partial charge >= 0.3 is 6.03 Å². The number of nitrogens with zero attached hydrogens (tertiary/aromatic N) is 3. The zero-order valence-corrected chi connectivity index (χ0v) is 15.1. The minimum atomic E-state index is -0.224. The number of hydrogen-bond acceptors (Lipinski definition) is 5. The Labute approximate surface area is 155 Å². The molecule has 2 N–H and O–H groups in total. The molecule has 2 aromatic rings. The summed E-state index contributed by atoms with van der Waals surface area (Å²) in [4.78, 5) is 29.4. The van der Waals surface area contributed by atoms with Crippen LogP contribution in [-0.2, 0) is 11.3 Å². The summed E-state index contributed by atoms with van der Waals surface area (Å²) in [6.45, 7) is 2.74. The lowest BCUT2D eigenvalue weighted by Crippen LogP contribution is -2.51. The molecule has 1 unspecified atom stereocenters. The molecule has 0 saturated carbocycles. The van der Waals surface area contributed by atoms with Gasteiger partial charge in [0, 0.05) is 31.6 Å². The van der Waals surface area contributed by atoms with Gasteiger partial charge in [0.1, 0.15) is 0 Å². The van der Waals surface area contributed by atoms with Crippen LogP contribution in [-0.4, -0.2) is 46.1 Å². The summed E-state index contributed by atoms with van der Waals surface area (Å²) >= 11 is 6.12. The Bertz CT molecular complexity index is 794. The first-order valence-corrected chi connectivity index (χ1v) is 8.78. The molecule has 1 atom stereocenters. The van der Waals surface area contributed by atoms with Crippen molar-refractivity contribution in [3.8, 4) is 11.4 Å². The fraction of sp³-hybridized carbons (Fsp3) is 0.412. The summed E-state index contributed by atoms with van der Waals surface area (Å²) in [5, 5.41) is 10.0. The summed E-state index contributed by atoms with van der Waals surface area (Å²) in [5.41, 5.74) is 0.671. The second-order valence-corrected chi connectivity index (χ2v) is 6.54. The van der Waals surface area contributed by atoms with Crippen LogP contribution in [0.3, 0.4) is 0 Å². The van der Waals surface area contributed by atoms with Crippen LogP contribution < -0.4 is 10.6 Å². The quantitative estimate of drug-likeness (QED) is 0.850. The highest BCUT2D eigenvalue weighted by Crippen LogP contribution is 2.24. The van der Waals surface area contributed by atoms with Crippen LogP contribution >= 0.6 is 11.6 Å². The van der Waals surface area contributed by atoms with Crippen LogP contribution in [0.5, 0.6) is 0 Å². The summed E-state index contributed by atoms with van der Waals surface area (Å²) in [6, 6.07) is 6.96. The highest BCUT2D eigenvalue weighted by atomic mass is 35.5. The summed E-state index contributed by atoms with van der Waals surface area (Å²) in [5.74, 6) is 0.586. The molecule has 3 rings (SSSR count). The minimum absolute atomic E-state index is 0.0118. The number of halogens is 1. The van der Waals surface area contributed by atoms with Gasteiger partial charge in [0.15, 0.2) is 0 Å². The second kappa shape index (κ2) is 8.18. The molecule has 8 nitrogen and oxygen atoms in total. The van der Waals surface area contributed by atoms with E-state index in [1.54, 1.807) is 17.0 Å². The van der Waals surface area contributed by atoms with E-state index in [-0.39, 0.29) is 24.5 Å². The van der Waals surface area contributed by atoms with E-state index >= 15 is 0 Å². The smallest absolute Gasteiger partial charge is 0.317 e. The van der Waals surface area contributed by atoms with Crippen LogP contribution in [0.2, 0.25) is 5.02 Å². The number of amides is 3. The van der Waals surface area contributed by atoms with Crippen molar-refractivity contribution in [2.24, 2.45) is 0 Å². The number of hydrogen-bond donors (Lipinski definition) is 2. The Morgan fingerprint density at radius 2 is 2.19 bits per heavy atom. The highest BCUT2D eigenvalue weighted by molar-refractivity contribution is 6.33. The van der Waals surface area contributed by atoms with Crippen LogP contribution in [0.4, 0.5) is 4.79 Å². The SMILES string of the molecule is CC(=O)NC1CCCN(C(=O)NCc2nc(-c3ccccc3Cl)no2)C1. The standard InChI is InChI=1S/C17H20ClN5O3/c1-11(24)20-12-5-4-8-23(10-12)17(25)19-9-15-21-16(22-26-15)13-6-2-3-7-14(13)18/h2-3,6-7,12H,4-5,8-10H2,1H3,(H,19,25)(H,20,24). The van der Waals surface area contributed by atoms with E-state index in [2.05, 4.69) is 20.8 Å². The molecule has 1 aliphatic rings. The number of likely N-dealkylation sites (tertiary alicyclic amines) is 1. The Morgan fingerprint density at radius 3 is 2.96 bits per heavy atom. The monoisotopic (exact) mass is 377 g/mol. The predicted octanol–water partition coefficient (Wildman–Crippen LogP) is 2.20. The number of nitrogens with one attached hydrogen (secondary N) is 2. The van der Waals surface area contributed by atoms with Gasteiger partial charge in [-0.25, -0.2) is 4.79 Å². The first-order valence-electron chi connectivity index (χ1n) is 8.40.